The molecule has 0 amide bonds. The molecule has 0 radical (unpaired) electrons. The maximum atomic E-state index is 6.56. The monoisotopic (exact) mass is 560 g/mol. The third-order valence-corrected chi connectivity index (χ3v) is 7.13. The summed E-state index contributed by atoms with van der Waals surface area (Å²) in [7, 11) is 0. The number of ether oxygens (including phenoxy) is 3. The van der Waals surface area contributed by atoms with Crippen LogP contribution in [-0.2, 0) is 28.4 Å². The minimum Gasteiger partial charge on any atom is -0.491 e. The summed E-state index contributed by atoms with van der Waals surface area (Å²) in [6.07, 6.45) is 8.89. The van der Waals surface area contributed by atoms with Crippen LogP contribution in [0.5, 0.6) is 5.75 Å². The number of hydrogen-bond acceptors (Lipinski definition) is 5. The fourth-order valence-electron chi connectivity index (χ4n) is 4.68. The molecule has 0 saturated carbocycles. The lowest BCUT2D eigenvalue weighted by molar-refractivity contribution is -0.189. The molecule has 39 heavy (non-hydrogen) atoms. The number of benzene rings is 3. The zero-order valence-corrected chi connectivity index (χ0v) is 22.5. The van der Waals surface area contributed by atoms with Crippen molar-refractivity contribution in [3.8, 4) is 17.0 Å². The van der Waals surface area contributed by atoms with Gasteiger partial charge in [0, 0.05) is 41.3 Å². The van der Waals surface area contributed by atoms with Crippen LogP contribution in [0.3, 0.4) is 0 Å². The number of halogens is 2. The number of nitrogens with zero attached hydrogens (tertiary/aromatic N) is 4. The zero-order chi connectivity index (χ0) is 26.7. The molecule has 3 heterocycles. The van der Waals surface area contributed by atoms with E-state index in [1.807, 2.05) is 71.8 Å². The van der Waals surface area contributed by atoms with Crippen LogP contribution in [0.1, 0.15) is 11.1 Å². The van der Waals surface area contributed by atoms with Gasteiger partial charge in [-0.25, -0.2) is 9.97 Å². The van der Waals surface area contributed by atoms with Crippen molar-refractivity contribution in [2.75, 3.05) is 13.2 Å². The topological polar surface area (TPSA) is 63.3 Å². The molecule has 2 aromatic heterocycles. The SMILES string of the molecule is Clc1ccc([C@]2(Cn3ccnc3)OC[C@@H](COc3ccc(-c4cn(Cc5ccccc5)cn4)cc3)O2)c(Cl)c1. The van der Waals surface area contributed by atoms with E-state index in [0.717, 1.165) is 23.6 Å². The Bertz CT molecular complexity index is 1520. The molecule has 3 aromatic carbocycles. The first-order valence-corrected chi connectivity index (χ1v) is 13.3. The van der Waals surface area contributed by atoms with Crippen LogP contribution in [-0.4, -0.2) is 38.4 Å². The predicted molar refractivity (Wildman–Crippen MR) is 150 cm³/mol. The largest absolute Gasteiger partial charge is 0.491 e. The molecule has 7 nitrogen and oxygen atoms in total. The lowest BCUT2D eigenvalue weighted by Crippen LogP contribution is -2.34. The summed E-state index contributed by atoms with van der Waals surface area (Å²) in [5.74, 6) is -0.346. The molecule has 2 atom stereocenters. The second kappa shape index (κ2) is 11.2. The van der Waals surface area contributed by atoms with Crippen molar-refractivity contribution in [2.45, 2.75) is 25.0 Å². The fourth-order valence-corrected chi connectivity index (χ4v) is 5.23. The van der Waals surface area contributed by atoms with Gasteiger partial charge >= 0.3 is 0 Å². The average molecular weight is 561 g/mol. The Labute approximate surface area is 236 Å². The predicted octanol–water partition coefficient (Wildman–Crippen LogP) is 6.45. The lowest BCUT2D eigenvalue weighted by Gasteiger charge is -2.30. The first kappa shape index (κ1) is 25.6. The van der Waals surface area contributed by atoms with E-state index >= 15 is 0 Å². The molecule has 0 bridgehead atoms. The Morgan fingerprint density at radius 2 is 1.82 bits per heavy atom. The summed E-state index contributed by atoms with van der Waals surface area (Å²) >= 11 is 12.7. The van der Waals surface area contributed by atoms with Gasteiger partial charge in [-0.15, -0.1) is 0 Å². The first-order valence-electron chi connectivity index (χ1n) is 12.6. The van der Waals surface area contributed by atoms with E-state index in [4.69, 9.17) is 37.4 Å². The van der Waals surface area contributed by atoms with Crippen molar-refractivity contribution < 1.29 is 14.2 Å². The van der Waals surface area contributed by atoms with Crippen molar-refractivity contribution in [1.29, 1.82) is 0 Å². The van der Waals surface area contributed by atoms with Crippen molar-refractivity contribution in [3.63, 3.8) is 0 Å². The van der Waals surface area contributed by atoms with Crippen molar-refractivity contribution >= 4 is 23.2 Å². The Morgan fingerprint density at radius 3 is 2.59 bits per heavy atom. The molecule has 0 unspecified atom stereocenters. The number of hydrogen-bond donors (Lipinski definition) is 0. The van der Waals surface area contributed by atoms with E-state index in [9.17, 15) is 0 Å². The second-order valence-electron chi connectivity index (χ2n) is 9.42. The molecule has 9 heteroatoms. The standard InChI is InChI=1S/C30H26Cl2N4O3/c31-24-8-11-27(28(32)14-24)30(19-35-13-12-33-20-35)38-18-26(39-30)17-37-25-9-6-23(7-10-25)29-16-36(21-34-29)15-22-4-2-1-3-5-22/h1-14,16,20-21,26H,15,17-19H2/t26-,30-/m1/s1. The van der Waals surface area contributed by atoms with Crippen LogP contribution in [0.15, 0.2) is 104 Å². The van der Waals surface area contributed by atoms with Gasteiger partial charge in [-0.3, -0.25) is 0 Å². The maximum Gasteiger partial charge on any atom is 0.215 e. The minimum absolute atomic E-state index is 0.298. The van der Waals surface area contributed by atoms with Gasteiger partial charge in [-0.1, -0.05) is 59.6 Å². The molecule has 5 aromatic rings. The Balaban J connectivity index is 1.10. The van der Waals surface area contributed by atoms with Gasteiger partial charge in [-0.05, 0) is 42.0 Å². The highest BCUT2D eigenvalue weighted by Gasteiger charge is 2.45. The van der Waals surface area contributed by atoms with Crippen LogP contribution in [0.2, 0.25) is 10.0 Å². The summed E-state index contributed by atoms with van der Waals surface area (Å²) in [6, 6.07) is 23.5. The first-order chi connectivity index (χ1) is 19.1. The molecule has 1 aliphatic heterocycles. The normalized spacial score (nSPS) is 18.9. The average Bonchev–Trinajstić information content (AvgIpc) is 3.71. The van der Waals surface area contributed by atoms with Gasteiger partial charge in [-0.2, -0.15) is 0 Å². The molecule has 198 valence electrons. The molecular formula is C30H26Cl2N4O3. The van der Waals surface area contributed by atoms with Crippen LogP contribution >= 0.6 is 23.2 Å². The maximum absolute atomic E-state index is 6.56. The van der Waals surface area contributed by atoms with E-state index in [1.54, 1.807) is 24.7 Å². The van der Waals surface area contributed by atoms with Crippen LogP contribution in [0.4, 0.5) is 0 Å². The molecule has 6 rings (SSSR count). The van der Waals surface area contributed by atoms with Crippen molar-refractivity contribution in [3.05, 3.63) is 125 Å². The van der Waals surface area contributed by atoms with E-state index in [-0.39, 0.29) is 6.10 Å². The molecule has 0 aliphatic carbocycles. The van der Waals surface area contributed by atoms with Gasteiger partial charge in [0.25, 0.3) is 0 Å². The highest BCUT2D eigenvalue weighted by Crippen LogP contribution is 2.40. The summed E-state index contributed by atoms with van der Waals surface area (Å²) in [5, 5.41) is 1.02. The van der Waals surface area contributed by atoms with Gasteiger partial charge in [0.05, 0.1) is 36.5 Å². The van der Waals surface area contributed by atoms with Gasteiger partial charge in [0.15, 0.2) is 0 Å². The fraction of sp³-hybridized carbons (Fsp3) is 0.200. The lowest BCUT2D eigenvalue weighted by atomic mass is 10.1. The van der Waals surface area contributed by atoms with Crippen molar-refractivity contribution in [2.24, 2.45) is 0 Å². The third-order valence-electron chi connectivity index (χ3n) is 6.58. The molecule has 1 aliphatic rings. The van der Waals surface area contributed by atoms with Crippen LogP contribution in [0.25, 0.3) is 11.3 Å². The minimum atomic E-state index is -1.08. The van der Waals surface area contributed by atoms with E-state index in [1.165, 1.54) is 5.56 Å². The van der Waals surface area contributed by atoms with Crippen molar-refractivity contribution in [1.82, 2.24) is 19.1 Å². The van der Waals surface area contributed by atoms with E-state index in [2.05, 4.69) is 26.7 Å². The highest BCUT2D eigenvalue weighted by molar-refractivity contribution is 6.35. The summed E-state index contributed by atoms with van der Waals surface area (Å²) in [6.45, 7) is 1.84. The quantitative estimate of drug-likeness (QED) is 0.207. The van der Waals surface area contributed by atoms with Crippen LogP contribution < -0.4 is 4.74 Å². The number of aromatic nitrogens is 4. The smallest absolute Gasteiger partial charge is 0.215 e. The summed E-state index contributed by atoms with van der Waals surface area (Å²) in [5.41, 5.74) is 3.87. The molecule has 0 N–H and O–H groups in total. The Kier molecular flexibility index (Phi) is 7.39. The number of rotatable bonds is 9. The van der Waals surface area contributed by atoms with Gasteiger partial charge in [0.2, 0.25) is 5.79 Å². The Hall–Kier alpha value is -3.62. The van der Waals surface area contributed by atoms with E-state index in [0.29, 0.717) is 35.4 Å². The van der Waals surface area contributed by atoms with Crippen LogP contribution in [0, 0.1) is 0 Å². The summed E-state index contributed by atoms with van der Waals surface area (Å²) < 4.78 is 22.8. The molecule has 1 fully saturated rings. The van der Waals surface area contributed by atoms with Gasteiger partial charge < -0.3 is 23.3 Å². The van der Waals surface area contributed by atoms with Gasteiger partial charge in [0.1, 0.15) is 18.5 Å². The summed E-state index contributed by atoms with van der Waals surface area (Å²) in [4.78, 5) is 8.71. The molecule has 0 spiro atoms. The third kappa shape index (κ3) is 5.87. The number of imidazole rings is 2. The Morgan fingerprint density at radius 1 is 0.974 bits per heavy atom. The molecule has 1 saturated heterocycles. The van der Waals surface area contributed by atoms with E-state index < -0.39 is 5.79 Å². The molecular weight excluding hydrogens is 535 g/mol. The zero-order valence-electron chi connectivity index (χ0n) is 21.0. The second-order valence-corrected chi connectivity index (χ2v) is 10.3. The highest BCUT2D eigenvalue weighted by atomic mass is 35.5.